The van der Waals surface area contributed by atoms with Crippen molar-refractivity contribution in [1.82, 2.24) is 79.4 Å². The minimum absolute atomic E-state index is 0.0376. The van der Waals surface area contributed by atoms with Crippen LogP contribution < -0.4 is 114 Å². The quantitative estimate of drug-likeness (QED) is 0.0161. The Bertz CT molecular complexity index is 4860. The number of hydrogen-bond acceptors (Lipinski definition) is 25. The zero-order valence-corrected chi connectivity index (χ0v) is 72.4. The Morgan fingerprint density at radius 1 is 0.581 bits per heavy atom. The molecule has 5 aromatic rings. The molecule has 0 radical (unpaired) electrons. The smallest absolute Gasteiger partial charge is 0.303 e. The van der Waals surface area contributed by atoms with Gasteiger partial charge in [0.05, 0.1) is 18.9 Å². The van der Waals surface area contributed by atoms with Gasteiger partial charge in [-0.3, -0.25) is 91.1 Å². The zero-order valence-electron chi connectivity index (χ0n) is 71.6. The molecule has 0 saturated carbocycles. The Balaban J connectivity index is 1.28. The van der Waals surface area contributed by atoms with Gasteiger partial charge in [0, 0.05) is 101 Å². The molecule has 45 heteroatoms. The van der Waals surface area contributed by atoms with Crippen molar-refractivity contribution in [3.05, 3.63) is 114 Å². The number of nitrogens with one attached hydrogen (secondary N) is 15. The molecule has 129 heavy (non-hydrogen) atoms. The first-order valence-corrected chi connectivity index (χ1v) is 43.0. The molecule has 29 N–H and O–H groups in total. The molecule has 0 bridgehead atoms. The molecule has 4 aromatic carbocycles. The van der Waals surface area contributed by atoms with Crippen molar-refractivity contribution >= 4 is 146 Å². The van der Waals surface area contributed by atoms with Gasteiger partial charge in [-0.05, 0) is 117 Å². The first-order chi connectivity index (χ1) is 61.3. The molecule has 3 heterocycles. The highest BCUT2D eigenvalue weighted by molar-refractivity contribution is 7.99. The van der Waals surface area contributed by atoms with E-state index in [0.29, 0.717) is 58.1 Å². The molecule has 0 aliphatic carbocycles. The highest BCUT2D eigenvalue weighted by atomic mass is 32.2. The number of fused-ring (bicyclic) bond motifs is 2. The number of aliphatic hydroxyl groups excluding tert-OH is 1. The largest absolute Gasteiger partial charge is 0.492 e. The number of aromatic amines is 1. The second-order valence-corrected chi connectivity index (χ2v) is 32.5. The maximum absolute atomic E-state index is 15.8. The number of primary amides is 5. The molecule has 13 unspecified atom stereocenters. The third-order valence-corrected chi connectivity index (χ3v) is 22.3. The van der Waals surface area contributed by atoms with Gasteiger partial charge in [-0.1, -0.05) is 72.8 Å². The molecule has 2 fully saturated rings. The number of ether oxygens (including phenoxy) is 2. The monoisotopic (exact) mass is 1820 g/mol. The first-order valence-electron chi connectivity index (χ1n) is 41.9. The summed E-state index contributed by atoms with van der Waals surface area (Å²) in [6, 6.07) is 4.10. The molecule has 2 saturated heterocycles. The van der Waals surface area contributed by atoms with Crippen LogP contribution in [0.4, 0.5) is 0 Å². The maximum Gasteiger partial charge on any atom is 0.303 e. The predicted octanol–water partition coefficient (Wildman–Crippen LogP) is -6.27. The number of carbonyl (C=O) groups is 19. The molecule has 0 spiro atoms. The fourth-order valence-electron chi connectivity index (χ4n) is 14.2. The van der Waals surface area contributed by atoms with Crippen molar-refractivity contribution in [3.8, 4) is 5.75 Å². The Labute approximate surface area is 745 Å². The topological polar surface area (TPSA) is 724 Å². The number of carboxylic acid groups (broad SMARTS) is 1. The summed E-state index contributed by atoms with van der Waals surface area (Å²) in [4.78, 5) is 269. The number of aliphatic hydroxyl groups is 1. The number of benzene rings is 4. The number of amides is 18. The minimum atomic E-state index is -2.13. The number of carboxylic acids is 1. The normalized spacial score (nSPS) is 19.2. The van der Waals surface area contributed by atoms with E-state index in [0.717, 1.165) is 31.0 Å². The van der Waals surface area contributed by atoms with Crippen molar-refractivity contribution < 1.29 is 111 Å². The molecule has 18 amide bonds. The van der Waals surface area contributed by atoms with E-state index in [1.165, 1.54) is 18.3 Å². The number of hydrogen-bond donors (Lipinski definition) is 23. The summed E-state index contributed by atoms with van der Waals surface area (Å²) in [6.45, 7) is 2.47. The summed E-state index contributed by atoms with van der Waals surface area (Å²) < 4.78 is 11.4. The number of rotatable bonds is 44. The predicted molar refractivity (Wildman–Crippen MR) is 466 cm³/mol. The van der Waals surface area contributed by atoms with Crippen LogP contribution in [0.15, 0.2) is 97.2 Å². The van der Waals surface area contributed by atoms with Crippen LogP contribution in [0.2, 0.25) is 0 Å². The van der Waals surface area contributed by atoms with Crippen molar-refractivity contribution in [1.29, 1.82) is 0 Å². The van der Waals surface area contributed by atoms with E-state index in [2.05, 4.69) is 79.4 Å². The van der Waals surface area contributed by atoms with Gasteiger partial charge in [-0.15, -0.1) is 0 Å². The van der Waals surface area contributed by atoms with Crippen LogP contribution in [-0.4, -0.2) is 263 Å². The van der Waals surface area contributed by atoms with Gasteiger partial charge < -0.3 is 134 Å². The van der Waals surface area contributed by atoms with E-state index in [4.69, 9.17) is 43.9 Å². The van der Waals surface area contributed by atoms with Crippen LogP contribution in [-0.2, 0) is 115 Å². The molecule has 700 valence electrons. The van der Waals surface area contributed by atoms with Gasteiger partial charge in [-0.25, -0.2) is 0 Å². The van der Waals surface area contributed by atoms with Gasteiger partial charge in [0.1, 0.15) is 90.4 Å². The van der Waals surface area contributed by atoms with Crippen LogP contribution in [0.1, 0.15) is 120 Å². The Morgan fingerprint density at radius 3 is 1.73 bits per heavy atom. The average molecular weight is 1820 g/mol. The number of H-pyrrole nitrogens is 1. The highest BCUT2D eigenvalue weighted by Gasteiger charge is 2.46. The summed E-state index contributed by atoms with van der Waals surface area (Å²) in [5, 5.41) is 58.7. The van der Waals surface area contributed by atoms with Crippen molar-refractivity contribution in [2.45, 2.75) is 207 Å². The van der Waals surface area contributed by atoms with Crippen molar-refractivity contribution in [2.75, 3.05) is 51.5 Å². The van der Waals surface area contributed by atoms with Gasteiger partial charge in [-0.2, -0.15) is 11.8 Å². The second kappa shape index (κ2) is 50.8. The van der Waals surface area contributed by atoms with Gasteiger partial charge in [0.2, 0.25) is 106 Å². The fraction of sp³-hybridized carbons (Fsp3) is 0.488. The van der Waals surface area contributed by atoms with Crippen LogP contribution in [0.5, 0.6) is 5.75 Å². The van der Waals surface area contributed by atoms with Crippen LogP contribution in [0.25, 0.3) is 21.7 Å². The number of aromatic nitrogens is 1. The number of thioether (sulfide) groups is 1. The summed E-state index contributed by atoms with van der Waals surface area (Å²) in [7, 11) is 1.70. The van der Waals surface area contributed by atoms with E-state index in [9.17, 15) is 72.5 Å². The molecule has 2 aliphatic rings. The van der Waals surface area contributed by atoms with E-state index in [1.54, 1.807) is 79.8 Å². The van der Waals surface area contributed by atoms with Gasteiger partial charge in [0.15, 0.2) is 0 Å². The number of carbonyl (C=O) groups excluding carboxylic acids is 18. The third-order valence-electron chi connectivity index (χ3n) is 21.2. The molecular weight excluding hydrogens is 1700 g/mol. The van der Waals surface area contributed by atoms with E-state index in [-0.39, 0.29) is 70.6 Å². The maximum atomic E-state index is 15.8. The van der Waals surface area contributed by atoms with E-state index in [1.807, 2.05) is 6.07 Å². The summed E-state index contributed by atoms with van der Waals surface area (Å²) in [6.07, 6.45) is -7.04. The summed E-state index contributed by atoms with van der Waals surface area (Å²) in [5.41, 5.74) is 33.1. The molecule has 2 aliphatic heterocycles. The van der Waals surface area contributed by atoms with Gasteiger partial charge >= 0.3 is 5.97 Å². The zero-order chi connectivity index (χ0) is 94.6. The second-order valence-electron chi connectivity index (χ2n) is 31.3. The van der Waals surface area contributed by atoms with Gasteiger partial charge in [0.25, 0.3) is 0 Å². The summed E-state index contributed by atoms with van der Waals surface area (Å²) in [5.74, 6) is -21.5. The lowest BCUT2D eigenvalue weighted by Gasteiger charge is -2.38. The van der Waals surface area contributed by atoms with Crippen LogP contribution in [0, 0.1) is 0 Å². The number of para-hydroxylation sites is 1. The average Bonchev–Trinajstić information content (AvgIpc) is 1.81. The van der Waals surface area contributed by atoms with Crippen LogP contribution in [0.3, 0.4) is 0 Å². The fourth-order valence-corrected chi connectivity index (χ4v) is 15.3. The van der Waals surface area contributed by atoms with Crippen LogP contribution >= 0.6 is 11.8 Å². The first kappa shape index (κ1) is 103. The lowest BCUT2D eigenvalue weighted by atomic mass is 9.87. The van der Waals surface area contributed by atoms with Crippen molar-refractivity contribution in [3.63, 3.8) is 0 Å². The number of aliphatic carboxylic acids is 1. The minimum Gasteiger partial charge on any atom is -0.492 e. The van der Waals surface area contributed by atoms with E-state index < -0.39 is 260 Å². The molecule has 7 rings (SSSR count). The third kappa shape index (κ3) is 33.1. The lowest BCUT2D eigenvalue weighted by Crippen LogP contribution is -2.67. The van der Waals surface area contributed by atoms with Crippen molar-refractivity contribution in [2.24, 2.45) is 34.4 Å². The lowest BCUT2D eigenvalue weighted by molar-refractivity contribution is -0.142. The molecule has 1 aromatic heterocycles. The Hall–Kier alpha value is -13.4. The molecular formula is C84H115N21O23S. The SMILES string of the molecule is CNCCCCC(NC(=O)C(CC(N)=O)NC(=O)C(CC(N)=O)NC(=O)C(CCC(=O)O)NC(=O)C1(NC(=O)C(Cc2ccc3ccccc3c2)NC(=O)C(Cc2ccc(OCCN)cc2)NC(=O)C2CSCCC(NC(C)=O)C(=O)NC(CCC(N)=O)C(=O)NC(C(C)O)C(=O)NC(Cc3c[nH]c4ccccc34)C(=O)NC(CCC(N)=O)C(=O)N2)CCOCC1)C(N)=O. The number of nitrogens with two attached hydrogens (primary N) is 6. The molecule has 44 nitrogen and oxygen atoms in total. The molecule has 13 atom stereocenters. The van der Waals surface area contributed by atoms with E-state index >= 15 is 28.8 Å². The highest BCUT2D eigenvalue weighted by Crippen LogP contribution is 2.26. The summed E-state index contributed by atoms with van der Waals surface area (Å²) >= 11 is 0.898. The Morgan fingerprint density at radius 2 is 1.13 bits per heavy atom. The number of unbranched alkanes of at least 4 members (excludes halogenated alkanes) is 1. The Kier molecular flexibility index (Phi) is 40.4. The standard InChI is InChI=1S/C84H115N21O23S/c1-44(106)70-82(125)101-61(39-50-42-92-53-13-7-6-12-52(50)53)77(120)96-55(21-24-65(86)108)72(115)102-64(43-129-35-27-58(93-45(2)107)74(117)95-56(75(118)104-70)22-25-66(87)109)80(123)97-59(37-46-16-19-51(20-17-46)128-34-30-85)76(119)98-60(38-47-15-18-48-10-4-5-11-49(48)36-47)81(124)105-84(28-32-127-33-29-84)83(126)103-57(23-26-69(112)113)73(116)99-63(41-68(89)111)79(122)100-62(40-67(88)110)78(121)94-54(71(90)114)14-8-9-31-91-3/h4-7,10-13,15-20,36,42,44,54-64,70,91-92,106H,8-9,14,21-35,37-41,43,85H2,1-3H3,(H2,86,108)(H2,87,109)(H2,88,110)(H2,89,111)(H2,90,114)(H,93,107)(H,94,121)(H,95,117)(H,96,120)(H,97,123)(H,98,119)(H,99,116)(H,100,122)(H,101,125)(H,102,115)(H,103,126)(H,104,118)(H,105,124)(H,112,113).